The number of hydrogen-bond donors (Lipinski definition) is 0. The van der Waals surface area contributed by atoms with Crippen LogP contribution in [0.4, 0.5) is 23.2 Å². The summed E-state index contributed by atoms with van der Waals surface area (Å²) in [6.45, 7) is -0.161. The Labute approximate surface area is 209 Å². The summed E-state index contributed by atoms with van der Waals surface area (Å²) in [5, 5.41) is 11.6. The van der Waals surface area contributed by atoms with Crippen LogP contribution in [0.25, 0.3) is 11.3 Å². The molecule has 9 nitrogen and oxygen atoms in total. The molecule has 196 valence electrons. The van der Waals surface area contributed by atoms with E-state index in [0.717, 1.165) is 12.1 Å². The van der Waals surface area contributed by atoms with Crippen molar-refractivity contribution in [2.75, 3.05) is 26.2 Å². The molecule has 0 bridgehead atoms. The maximum atomic E-state index is 14.6. The summed E-state index contributed by atoms with van der Waals surface area (Å²) >= 11 is 0. The molecule has 4 rings (SSSR count). The van der Waals surface area contributed by atoms with Crippen LogP contribution in [-0.2, 0) is 6.61 Å². The molecule has 0 saturated carbocycles. The van der Waals surface area contributed by atoms with Crippen LogP contribution in [-0.4, -0.2) is 57.2 Å². The fourth-order valence-electron chi connectivity index (χ4n) is 3.91. The average molecular weight is 521 g/mol. The number of halogens is 4. The summed E-state index contributed by atoms with van der Waals surface area (Å²) in [7, 11) is 0. The Morgan fingerprint density at radius 1 is 1.11 bits per heavy atom. The second-order valence-electron chi connectivity index (χ2n) is 8.54. The van der Waals surface area contributed by atoms with Gasteiger partial charge in [-0.2, -0.15) is 13.2 Å². The van der Waals surface area contributed by atoms with Gasteiger partial charge >= 0.3 is 11.9 Å². The van der Waals surface area contributed by atoms with E-state index in [1.54, 1.807) is 24.4 Å². The van der Waals surface area contributed by atoms with Crippen LogP contribution in [0.1, 0.15) is 18.5 Å². The minimum Gasteiger partial charge on any atom is -0.477 e. The summed E-state index contributed by atoms with van der Waals surface area (Å²) in [5.41, 5.74) is -0.0532. The Balaban J connectivity index is 1.42. The molecule has 0 spiro atoms. The summed E-state index contributed by atoms with van der Waals surface area (Å²) < 4.78 is 63.4. The molecule has 0 aromatic carbocycles. The first-order valence-electron chi connectivity index (χ1n) is 11.4. The first-order valence-corrected chi connectivity index (χ1v) is 11.4. The van der Waals surface area contributed by atoms with Gasteiger partial charge in [0.2, 0.25) is 5.88 Å². The number of rotatable bonds is 9. The number of ether oxygens (including phenoxy) is 2. The Hall–Kier alpha value is -3.87. The van der Waals surface area contributed by atoms with Gasteiger partial charge in [-0.1, -0.05) is 6.07 Å². The van der Waals surface area contributed by atoms with Crippen molar-refractivity contribution in [2.45, 2.75) is 25.6 Å². The number of alkyl halides is 3. The van der Waals surface area contributed by atoms with Crippen molar-refractivity contribution < 1.29 is 32.0 Å². The van der Waals surface area contributed by atoms with Crippen molar-refractivity contribution in [3.63, 3.8) is 0 Å². The van der Waals surface area contributed by atoms with E-state index in [2.05, 4.69) is 15.0 Å². The number of nitrogens with zero attached hydrogens (tertiary/aromatic N) is 5. The quantitative estimate of drug-likeness (QED) is 0.224. The molecule has 0 atom stereocenters. The van der Waals surface area contributed by atoms with Crippen molar-refractivity contribution >= 4 is 5.69 Å². The maximum absolute atomic E-state index is 14.6. The van der Waals surface area contributed by atoms with Crippen molar-refractivity contribution in [2.24, 2.45) is 5.92 Å². The van der Waals surface area contributed by atoms with E-state index < -0.39 is 29.1 Å². The van der Waals surface area contributed by atoms with E-state index in [4.69, 9.17) is 9.47 Å². The lowest BCUT2D eigenvalue weighted by Crippen LogP contribution is -2.41. The summed E-state index contributed by atoms with van der Waals surface area (Å²) in [4.78, 5) is 24.5. The van der Waals surface area contributed by atoms with Gasteiger partial charge in [-0.25, -0.2) is 14.4 Å². The van der Waals surface area contributed by atoms with E-state index in [1.165, 1.54) is 17.2 Å². The topological polar surface area (TPSA) is 104 Å². The Morgan fingerprint density at radius 3 is 2.57 bits per heavy atom. The van der Waals surface area contributed by atoms with E-state index >= 15 is 0 Å². The molecule has 13 heteroatoms. The largest absolute Gasteiger partial charge is 0.477 e. The highest BCUT2D eigenvalue weighted by Crippen LogP contribution is 2.32. The predicted octanol–water partition coefficient (Wildman–Crippen LogP) is 4.82. The maximum Gasteiger partial charge on any atom is 0.401 e. The van der Waals surface area contributed by atoms with Crippen LogP contribution < -0.4 is 9.47 Å². The van der Waals surface area contributed by atoms with Crippen molar-refractivity contribution in [3.8, 4) is 23.0 Å². The fraction of sp³-hybridized carbons (Fsp3) is 0.375. The molecular formula is C24H23F4N5O4. The van der Waals surface area contributed by atoms with Gasteiger partial charge in [0.05, 0.1) is 23.8 Å². The minimum atomic E-state index is -4.23. The molecule has 1 saturated heterocycles. The molecular weight excluding hydrogens is 498 g/mol. The molecule has 0 aliphatic carbocycles. The Kier molecular flexibility index (Phi) is 8.11. The number of likely N-dealkylation sites (tertiary alicyclic amines) is 1. The van der Waals surface area contributed by atoms with Gasteiger partial charge in [-0.15, -0.1) is 0 Å². The first-order chi connectivity index (χ1) is 17.7. The Bertz CT molecular complexity index is 1220. The highest BCUT2D eigenvalue weighted by Gasteiger charge is 2.32. The molecule has 3 aromatic rings. The number of aromatic nitrogens is 3. The van der Waals surface area contributed by atoms with Crippen molar-refractivity contribution in [1.82, 2.24) is 19.9 Å². The van der Waals surface area contributed by atoms with Crippen LogP contribution in [0, 0.1) is 21.8 Å². The lowest BCUT2D eigenvalue weighted by molar-refractivity contribution is -0.386. The zero-order chi connectivity index (χ0) is 26.4. The minimum absolute atomic E-state index is 0.0260. The number of nitro groups is 1. The van der Waals surface area contributed by atoms with E-state index in [-0.39, 0.29) is 42.1 Å². The van der Waals surface area contributed by atoms with E-state index in [9.17, 15) is 27.7 Å². The lowest BCUT2D eigenvalue weighted by Gasteiger charge is -2.32. The molecule has 3 aromatic heterocycles. The number of pyridine rings is 3. The number of hydrogen-bond acceptors (Lipinski definition) is 8. The smallest absolute Gasteiger partial charge is 0.401 e. The van der Waals surface area contributed by atoms with Crippen LogP contribution in [0.15, 0.2) is 48.8 Å². The normalized spacial score (nSPS) is 14.9. The molecule has 1 aliphatic heterocycles. The molecule has 1 aliphatic rings. The van der Waals surface area contributed by atoms with E-state index in [0.29, 0.717) is 31.6 Å². The molecule has 0 radical (unpaired) electrons. The second kappa shape index (κ2) is 11.5. The summed E-state index contributed by atoms with van der Waals surface area (Å²) in [6.07, 6.45) is -0.401. The zero-order valence-corrected chi connectivity index (χ0v) is 19.5. The molecule has 4 heterocycles. The van der Waals surface area contributed by atoms with Crippen molar-refractivity contribution in [3.05, 3.63) is 70.4 Å². The van der Waals surface area contributed by atoms with Gasteiger partial charge in [0.1, 0.15) is 18.1 Å². The van der Waals surface area contributed by atoms with Gasteiger partial charge in [-0.3, -0.25) is 20.0 Å². The standard InChI is InChI=1S/C24H23F4N5O4/c25-19-4-5-21(36-13-16-6-9-32(10-7-16)15-24(26,27)28)31-22(19)17-11-20(33(34)35)23(30-12-17)37-14-18-3-1-2-8-29-18/h1-5,8,11-12,16H,6-7,9-10,13-15H2. The number of piperidine rings is 1. The molecule has 0 N–H and O–H groups in total. The van der Waals surface area contributed by atoms with Gasteiger partial charge in [0, 0.05) is 30.1 Å². The van der Waals surface area contributed by atoms with Gasteiger partial charge in [0.15, 0.2) is 0 Å². The highest BCUT2D eigenvalue weighted by molar-refractivity contribution is 5.64. The Morgan fingerprint density at radius 2 is 1.89 bits per heavy atom. The summed E-state index contributed by atoms with van der Waals surface area (Å²) in [6, 6.07) is 8.73. The zero-order valence-electron chi connectivity index (χ0n) is 19.5. The molecule has 37 heavy (non-hydrogen) atoms. The third-order valence-corrected chi connectivity index (χ3v) is 5.78. The van der Waals surface area contributed by atoms with E-state index in [1.807, 2.05) is 0 Å². The fourth-order valence-corrected chi connectivity index (χ4v) is 3.91. The third kappa shape index (κ3) is 7.32. The summed E-state index contributed by atoms with van der Waals surface area (Å²) in [5.74, 6) is -0.861. The second-order valence-corrected chi connectivity index (χ2v) is 8.54. The van der Waals surface area contributed by atoms with Gasteiger partial charge in [0.25, 0.3) is 5.88 Å². The van der Waals surface area contributed by atoms with Crippen LogP contribution in [0.5, 0.6) is 11.8 Å². The van der Waals surface area contributed by atoms with Crippen LogP contribution in [0.2, 0.25) is 0 Å². The third-order valence-electron chi connectivity index (χ3n) is 5.78. The van der Waals surface area contributed by atoms with Crippen molar-refractivity contribution in [1.29, 1.82) is 0 Å². The van der Waals surface area contributed by atoms with Crippen LogP contribution in [0.3, 0.4) is 0 Å². The average Bonchev–Trinajstić information content (AvgIpc) is 2.87. The van der Waals surface area contributed by atoms with Gasteiger partial charge < -0.3 is 9.47 Å². The molecule has 1 fully saturated rings. The highest BCUT2D eigenvalue weighted by atomic mass is 19.4. The monoisotopic (exact) mass is 521 g/mol. The predicted molar refractivity (Wildman–Crippen MR) is 123 cm³/mol. The van der Waals surface area contributed by atoms with Gasteiger partial charge in [-0.05, 0) is 50.0 Å². The van der Waals surface area contributed by atoms with Crippen LogP contribution >= 0.6 is 0 Å². The molecule has 0 unspecified atom stereocenters. The first kappa shape index (κ1) is 26.2. The SMILES string of the molecule is O=[N+]([O-])c1cc(-c2nc(OCC3CCN(CC(F)(F)F)CC3)ccc2F)cnc1OCc1ccccn1. The molecule has 0 amide bonds. The lowest BCUT2D eigenvalue weighted by atomic mass is 9.98.